The van der Waals surface area contributed by atoms with Gasteiger partial charge >= 0.3 is 0 Å². The van der Waals surface area contributed by atoms with E-state index in [1.807, 2.05) is 66.2 Å². The Morgan fingerprint density at radius 2 is 1.76 bits per heavy atom. The van der Waals surface area contributed by atoms with Crippen molar-refractivity contribution in [3.63, 3.8) is 0 Å². The van der Waals surface area contributed by atoms with Crippen LogP contribution < -0.4 is 0 Å². The van der Waals surface area contributed by atoms with Gasteiger partial charge in [0.1, 0.15) is 10.8 Å². The second-order valence-corrected chi connectivity index (χ2v) is 8.71. The number of benzene rings is 2. The number of Topliss-reactive ketones (excluding diaryl/α,β-unsaturated/α-hetero) is 1. The zero-order chi connectivity index (χ0) is 20.0. The molecule has 0 saturated heterocycles. The van der Waals surface area contributed by atoms with E-state index in [0.29, 0.717) is 10.7 Å². The maximum absolute atomic E-state index is 13.1. The van der Waals surface area contributed by atoms with Crippen molar-refractivity contribution in [2.75, 3.05) is 0 Å². The number of aromatic nitrogens is 3. The highest BCUT2D eigenvalue weighted by molar-refractivity contribution is 7.26. The number of carbonyl (C=O) groups is 1. The van der Waals surface area contributed by atoms with Gasteiger partial charge in [0.15, 0.2) is 11.7 Å². The molecule has 29 heavy (non-hydrogen) atoms. The number of ketones is 1. The molecule has 3 heterocycles. The number of imidazole rings is 1. The van der Waals surface area contributed by atoms with E-state index in [1.54, 1.807) is 17.4 Å². The third-order valence-electron chi connectivity index (χ3n) is 4.82. The highest BCUT2D eigenvalue weighted by atomic mass is 32.1. The molecule has 0 amide bonds. The van der Waals surface area contributed by atoms with Gasteiger partial charge < -0.3 is 4.57 Å². The monoisotopic (exact) mass is 414 g/mol. The van der Waals surface area contributed by atoms with E-state index < -0.39 is 5.92 Å². The summed E-state index contributed by atoms with van der Waals surface area (Å²) in [4.78, 5) is 23.8. The summed E-state index contributed by atoms with van der Waals surface area (Å²) < 4.78 is 2.93. The molecule has 0 aliphatic rings. The van der Waals surface area contributed by atoms with E-state index in [0.717, 1.165) is 31.1 Å². The molecule has 0 N–H and O–H groups in total. The van der Waals surface area contributed by atoms with Gasteiger partial charge in [-0.15, -0.1) is 22.7 Å². The summed E-state index contributed by atoms with van der Waals surface area (Å²) in [6.07, 6.45) is 0. The predicted molar refractivity (Wildman–Crippen MR) is 116 cm³/mol. The molecular formula is C22H14N4OS2. The number of rotatable bonds is 4. The average molecular weight is 415 g/mol. The third kappa shape index (κ3) is 2.94. The van der Waals surface area contributed by atoms with Gasteiger partial charge in [0.25, 0.3) is 0 Å². The van der Waals surface area contributed by atoms with Gasteiger partial charge in [-0.05, 0) is 36.4 Å². The van der Waals surface area contributed by atoms with Gasteiger partial charge in [-0.2, -0.15) is 5.26 Å². The first-order valence-corrected chi connectivity index (χ1v) is 10.6. The van der Waals surface area contributed by atoms with Crippen LogP contribution in [0.5, 0.6) is 0 Å². The summed E-state index contributed by atoms with van der Waals surface area (Å²) in [5.74, 6) is -0.717. The highest BCUT2D eigenvalue weighted by Crippen LogP contribution is 2.36. The topological polar surface area (TPSA) is 71.6 Å². The fourth-order valence-corrected chi connectivity index (χ4v) is 5.36. The second-order valence-electron chi connectivity index (χ2n) is 6.59. The second kappa shape index (κ2) is 6.92. The summed E-state index contributed by atoms with van der Waals surface area (Å²) >= 11 is 2.97. The molecule has 140 valence electrons. The van der Waals surface area contributed by atoms with Crippen LogP contribution in [0.4, 0.5) is 0 Å². The fraction of sp³-hybridized carbons (Fsp3) is 0.0909. The maximum Gasteiger partial charge on any atom is 0.197 e. The number of thiophene rings is 1. The lowest BCUT2D eigenvalue weighted by Crippen LogP contribution is -2.14. The van der Waals surface area contributed by atoms with Crippen LogP contribution in [0.15, 0.2) is 60.7 Å². The first-order valence-electron chi connectivity index (χ1n) is 8.96. The van der Waals surface area contributed by atoms with E-state index in [-0.39, 0.29) is 5.78 Å². The molecule has 0 fully saturated rings. The van der Waals surface area contributed by atoms with E-state index in [1.165, 1.54) is 11.3 Å². The smallest absolute Gasteiger partial charge is 0.197 e. The number of carbonyl (C=O) groups excluding carboxylic acids is 1. The van der Waals surface area contributed by atoms with Crippen molar-refractivity contribution in [3.8, 4) is 16.0 Å². The molecule has 1 atom stereocenters. The van der Waals surface area contributed by atoms with Gasteiger partial charge in [-0.25, -0.2) is 9.97 Å². The molecule has 0 aliphatic carbocycles. The highest BCUT2D eigenvalue weighted by Gasteiger charge is 2.28. The Morgan fingerprint density at radius 3 is 2.52 bits per heavy atom. The maximum atomic E-state index is 13.1. The molecule has 5 aromatic rings. The van der Waals surface area contributed by atoms with Crippen LogP contribution in [-0.2, 0) is 7.05 Å². The van der Waals surface area contributed by atoms with Crippen LogP contribution in [0.3, 0.4) is 0 Å². The van der Waals surface area contributed by atoms with Gasteiger partial charge in [0.2, 0.25) is 0 Å². The molecule has 7 heteroatoms. The van der Waals surface area contributed by atoms with E-state index in [4.69, 9.17) is 0 Å². The lowest BCUT2D eigenvalue weighted by atomic mass is 10.0. The lowest BCUT2D eigenvalue weighted by Gasteiger charge is -2.07. The standard InChI is InChI=1S/C22H14N4OS2/c1-26-16-8-4-2-6-14(16)24-21(26)13(12-23)20(27)18-10-11-19(28-18)22-25-15-7-3-5-9-17(15)29-22/h2-11,13H,1H3/t13-/m0/s1. The Hall–Kier alpha value is -3.34. The normalized spacial score (nSPS) is 12.3. The molecule has 0 radical (unpaired) electrons. The molecule has 2 aromatic carbocycles. The molecule has 3 aromatic heterocycles. The summed E-state index contributed by atoms with van der Waals surface area (Å²) in [5, 5.41) is 10.6. The van der Waals surface area contributed by atoms with Crippen molar-refractivity contribution in [2.45, 2.75) is 5.92 Å². The molecule has 5 nitrogen and oxygen atoms in total. The first-order chi connectivity index (χ1) is 14.2. The van der Waals surface area contributed by atoms with Crippen LogP contribution in [0, 0.1) is 11.3 Å². The Balaban J connectivity index is 1.51. The summed E-state index contributed by atoms with van der Waals surface area (Å²) in [6.45, 7) is 0. The molecule has 0 unspecified atom stereocenters. The summed E-state index contributed by atoms with van der Waals surface area (Å²) in [7, 11) is 1.84. The van der Waals surface area contributed by atoms with Gasteiger partial charge in [0.05, 0.1) is 37.1 Å². The molecule has 0 spiro atoms. The number of fused-ring (bicyclic) bond motifs is 2. The van der Waals surface area contributed by atoms with Crippen molar-refractivity contribution in [1.82, 2.24) is 14.5 Å². The van der Waals surface area contributed by atoms with Gasteiger partial charge in [-0.1, -0.05) is 24.3 Å². The fourth-order valence-electron chi connectivity index (χ4n) is 3.36. The number of nitrogens with zero attached hydrogens (tertiary/aromatic N) is 4. The van der Waals surface area contributed by atoms with Crippen molar-refractivity contribution >= 4 is 49.7 Å². The minimum Gasteiger partial charge on any atom is -0.330 e. The molecule has 0 saturated carbocycles. The van der Waals surface area contributed by atoms with Crippen molar-refractivity contribution < 1.29 is 4.79 Å². The van der Waals surface area contributed by atoms with Crippen molar-refractivity contribution in [1.29, 1.82) is 5.26 Å². The van der Waals surface area contributed by atoms with Crippen molar-refractivity contribution in [2.24, 2.45) is 7.05 Å². The largest absolute Gasteiger partial charge is 0.330 e. The van der Waals surface area contributed by atoms with Crippen LogP contribution in [-0.4, -0.2) is 20.3 Å². The Morgan fingerprint density at radius 1 is 1.00 bits per heavy atom. The molecule has 0 aliphatic heterocycles. The van der Waals surface area contributed by atoms with E-state index >= 15 is 0 Å². The minimum atomic E-state index is -0.950. The number of para-hydroxylation sites is 3. The SMILES string of the molecule is Cn1c([C@@H](C#N)C(=O)c2ccc(-c3nc4ccccc4s3)s2)nc2ccccc21. The van der Waals surface area contributed by atoms with Crippen LogP contribution in [0.2, 0.25) is 0 Å². The summed E-state index contributed by atoms with van der Waals surface area (Å²) in [5.41, 5.74) is 2.62. The van der Waals surface area contributed by atoms with Crippen LogP contribution >= 0.6 is 22.7 Å². The van der Waals surface area contributed by atoms with Gasteiger partial charge in [0, 0.05) is 7.05 Å². The number of aryl methyl sites for hydroxylation is 1. The average Bonchev–Trinajstić information content (AvgIpc) is 3.46. The number of hydrogen-bond acceptors (Lipinski definition) is 6. The number of nitriles is 1. The third-order valence-corrected chi connectivity index (χ3v) is 7.13. The van der Waals surface area contributed by atoms with Gasteiger partial charge in [-0.3, -0.25) is 4.79 Å². The van der Waals surface area contributed by atoms with Crippen LogP contribution in [0.25, 0.3) is 31.1 Å². The van der Waals surface area contributed by atoms with Crippen molar-refractivity contribution in [3.05, 3.63) is 71.4 Å². The number of thiazole rings is 1. The molecule has 5 rings (SSSR count). The van der Waals surface area contributed by atoms with Crippen LogP contribution in [0.1, 0.15) is 21.4 Å². The van der Waals surface area contributed by atoms with E-state index in [2.05, 4.69) is 16.0 Å². The predicted octanol–water partition coefficient (Wildman–Crippen LogP) is 5.40. The molecule has 0 bridgehead atoms. The Kier molecular flexibility index (Phi) is 4.23. The Labute approximate surface area is 174 Å². The van der Waals surface area contributed by atoms with E-state index in [9.17, 15) is 10.1 Å². The minimum absolute atomic E-state index is 0.233. The number of hydrogen-bond donors (Lipinski definition) is 0. The zero-order valence-corrected chi connectivity index (χ0v) is 17.0. The Bertz CT molecular complexity index is 1390. The first kappa shape index (κ1) is 17.7. The molecular weight excluding hydrogens is 400 g/mol. The lowest BCUT2D eigenvalue weighted by molar-refractivity contribution is 0.0979. The summed E-state index contributed by atoms with van der Waals surface area (Å²) in [6, 6.07) is 21.4. The zero-order valence-electron chi connectivity index (χ0n) is 15.4. The quantitative estimate of drug-likeness (QED) is 0.369.